The molecule has 2 amide bonds. The third-order valence-electron chi connectivity index (χ3n) is 5.07. The van der Waals surface area contributed by atoms with Crippen LogP contribution in [0.4, 0.5) is 14.5 Å². The largest absolute Gasteiger partial charge is 0.326 e. The van der Waals surface area contributed by atoms with E-state index in [1.165, 1.54) is 30.3 Å². The third-order valence-corrected chi connectivity index (χ3v) is 7.54. The molecule has 2 unspecified atom stereocenters. The molecule has 0 spiro atoms. The zero-order valence-corrected chi connectivity index (χ0v) is 22.6. The van der Waals surface area contributed by atoms with Crippen LogP contribution in [0.15, 0.2) is 59.4 Å². The number of alkyl halides is 2. The predicted octanol–water partition coefficient (Wildman–Crippen LogP) is 8.27. The van der Waals surface area contributed by atoms with Crippen molar-refractivity contribution in [2.75, 3.05) is 5.32 Å². The zero-order valence-electron chi connectivity index (χ0n) is 18.1. The summed E-state index contributed by atoms with van der Waals surface area (Å²) in [7, 11) is 0. The van der Waals surface area contributed by atoms with Gasteiger partial charge < -0.3 is 10.6 Å². The molecule has 190 valence electrons. The quantitative estimate of drug-likeness (QED) is 0.187. The van der Waals surface area contributed by atoms with E-state index in [0.717, 1.165) is 6.92 Å². The van der Waals surface area contributed by atoms with Gasteiger partial charge >= 0.3 is 0 Å². The second-order valence-electron chi connectivity index (χ2n) is 7.65. The molecule has 2 atom stereocenters. The average Bonchev–Trinajstić information content (AvgIpc) is 3.37. The van der Waals surface area contributed by atoms with E-state index in [1.807, 2.05) is 0 Å². The summed E-state index contributed by atoms with van der Waals surface area (Å²) >= 11 is 37.0. The van der Waals surface area contributed by atoms with Gasteiger partial charge in [-0.2, -0.15) is 0 Å². The number of hydrogen-bond acceptors (Lipinski definition) is 3. The Balaban J connectivity index is 1.80. The summed E-state index contributed by atoms with van der Waals surface area (Å²) in [6.45, 7) is 3.99. The number of rotatable bonds is 7. The van der Waals surface area contributed by atoms with Crippen LogP contribution in [0.5, 0.6) is 0 Å². The van der Waals surface area contributed by atoms with Crippen molar-refractivity contribution in [1.82, 2.24) is 5.32 Å². The van der Waals surface area contributed by atoms with Crippen molar-refractivity contribution >= 4 is 93.3 Å². The summed E-state index contributed by atoms with van der Waals surface area (Å²) in [5.74, 6) is -5.29. The van der Waals surface area contributed by atoms with Gasteiger partial charge in [0.05, 0.1) is 37.8 Å². The van der Waals surface area contributed by atoms with Crippen LogP contribution in [0.3, 0.4) is 0 Å². The topological polar surface area (TPSA) is 70.6 Å². The van der Waals surface area contributed by atoms with E-state index < -0.39 is 45.5 Å². The van der Waals surface area contributed by atoms with Gasteiger partial charge in [-0.25, -0.2) is 13.8 Å². The van der Waals surface area contributed by atoms with Crippen LogP contribution >= 0.6 is 69.6 Å². The van der Waals surface area contributed by atoms with Gasteiger partial charge in [0.1, 0.15) is 16.0 Å². The first-order valence-electron chi connectivity index (χ1n) is 9.92. The number of hydrogen-bond donors (Lipinski definition) is 2. The molecule has 0 saturated heterocycles. The molecular formula is C23H15Cl6F2N3O2. The Kier molecular flexibility index (Phi) is 8.97. The van der Waals surface area contributed by atoms with Gasteiger partial charge in [-0.1, -0.05) is 53.0 Å². The lowest BCUT2D eigenvalue weighted by atomic mass is 10.1. The number of benzene rings is 2. The van der Waals surface area contributed by atoms with Crippen LogP contribution in [-0.2, 0) is 4.79 Å². The fourth-order valence-electron chi connectivity index (χ4n) is 3.34. The molecule has 36 heavy (non-hydrogen) atoms. The van der Waals surface area contributed by atoms with Crippen LogP contribution in [0.25, 0.3) is 0 Å². The number of anilines is 1. The average molecular weight is 616 g/mol. The van der Waals surface area contributed by atoms with Crippen LogP contribution in [0.1, 0.15) is 28.8 Å². The van der Waals surface area contributed by atoms with Gasteiger partial charge in [0.15, 0.2) is 5.82 Å². The Labute approximate surface area is 235 Å². The molecule has 5 nitrogen and oxygen atoms in total. The number of amides is 2. The molecule has 13 heteroatoms. The minimum absolute atomic E-state index is 0.000906. The number of aliphatic imine (C=N–C) groups is 1. The van der Waals surface area contributed by atoms with Crippen molar-refractivity contribution in [2.24, 2.45) is 10.9 Å². The molecule has 3 rings (SSSR count). The Morgan fingerprint density at radius 3 is 2.22 bits per heavy atom. The van der Waals surface area contributed by atoms with Crippen LogP contribution in [0, 0.1) is 5.92 Å². The van der Waals surface area contributed by atoms with Gasteiger partial charge in [0, 0.05) is 11.6 Å². The summed E-state index contributed by atoms with van der Waals surface area (Å²) in [5.41, 5.74) is 0.585. The summed E-state index contributed by atoms with van der Waals surface area (Å²) in [6, 6.07) is 7.10. The van der Waals surface area contributed by atoms with Gasteiger partial charge in [-0.3, -0.25) is 9.59 Å². The second-order valence-corrected chi connectivity index (χ2v) is 10.7. The second kappa shape index (κ2) is 11.3. The number of allylic oxidation sites excluding steroid dienone is 2. The normalized spacial score (nSPS) is 19.0. The van der Waals surface area contributed by atoms with E-state index in [1.54, 1.807) is 0 Å². The summed E-state index contributed by atoms with van der Waals surface area (Å²) in [5, 5.41) is 5.33. The van der Waals surface area contributed by atoms with Crippen molar-refractivity contribution < 1.29 is 18.4 Å². The third kappa shape index (κ3) is 6.33. The maximum atomic E-state index is 13.7. The first-order chi connectivity index (χ1) is 16.7. The predicted molar refractivity (Wildman–Crippen MR) is 142 cm³/mol. The molecular weight excluding hydrogens is 601 g/mol. The molecule has 0 aromatic heterocycles. The molecule has 0 radical (unpaired) electrons. The van der Waals surface area contributed by atoms with Crippen molar-refractivity contribution in [3.8, 4) is 0 Å². The molecule has 1 aliphatic rings. The van der Waals surface area contributed by atoms with Gasteiger partial charge in [-0.05, 0) is 42.8 Å². The van der Waals surface area contributed by atoms with Crippen LogP contribution in [-0.4, -0.2) is 22.4 Å². The smallest absolute Gasteiger partial charge is 0.258 e. The monoisotopic (exact) mass is 613 g/mol. The molecule has 2 aromatic rings. The van der Waals surface area contributed by atoms with Gasteiger partial charge in [0.2, 0.25) is 5.91 Å². The molecule has 0 aliphatic heterocycles. The lowest BCUT2D eigenvalue weighted by Gasteiger charge is -2.11. The van der Waals surface area contributed by atoms with E-state index >= 15 is 0 Å². The molecule has 1 saturated carbocycles. The number of nitrogens with zero attached hydrogens (tertiary/aromatic N) is 1. The molecule has 0 heterocycles. The lowest BCUT2D eigenvalue weighted by molar-refractivity contribution is -0.117. The van der Waals surface area contributed by atoms with E-state index in [4.69, 9.17) is 69.6 Å². The van der Waals surface area contributed by atoms with Crippen molar-refractivity contribution in [2.45, 2.75) is 17.2 Å². The molecule has 2 aromatic carbocycles. The highest BCUT2D eigenvalue weighted by Gasteiger charge is 2.67. The summed E-state index contributed by atoms with van der Waals surface area (Å²) in [4.78, 5) is 29.1. The van der Waals surface area contributed by atoms with Gasteiger partial charge in [-0.15, -0.1) is 23.2 Å². The maximum Gasteiger partial charge on any atom is 0.258 e. The molecule has 0 bridgehead atoms. The fraction of sp³-hybridized carbons (Fsp3) is 0.174. The number of halogens is 8. The molecule has 1 fully saturated rings. The van der Waals surface area contributed by atoms with Crippen LogP contribution in [0.2, 0.25) is 20.1 Å². The minimum Gasteiger partial charge on any atom is -0.326 e. The highest BCUT2D eigenvalue weighted by Crippen LogP contribution is 2.65. The lowest BCUT2D eigenvalue weighted by Crippen LogP contribution is -2.23. The maximum absolute atomic E-state index is 13.7. The molecule has 1 aliphatic carbocycles. The van der Waals surface area contributed by atoms with E-state index in [9.17, 15) is 18.4 Å². The minimum atomic E-state index is -1.45. The van der Waals surface area contributed by atoms with Crippen molar-refractivity contribution in [3.63, 3.8) is 0 Å². The molecule has 2 N–H and O–H groups in total. The van der Waals surface area contributed by atoms with E-state index in [2.05, 4.69) is 22.2 Å². The number of carbonyl (C=O) groups excluding carboxylic acids is 2. The Bertz CT molecular complexity index is 1300. The Hall–Kier alpha value is -1.87. The van der Waals surface area contributed by atoms with Crippen molar-refractivity contribution in [3.05, 3.63) is 85.6 Å². The Morgan fingerprint density at radius 1 is 1.06 bits per heavy atom. The van der Waals surface area contributed by atoms with Gasteiger partial charge in [0.25, 0.3) is 5.91 Å². The summed E-state index contributed by atoms with van der Waals surface area (Å²) in [6.07, 6.45) is 0.634. The first kappa shape index (κ1) is 28.7. The van der Waals surface area contributed by atoms with E-state index in [-0.39, 0.29) is 31.3 Å². The number of carbonyl (C=O) groups is 2. The van der Waals surface area contributed by atoms with Crippen molar-refractivity contribution in [1.29, 1.82) is 0 Å². The van der Waals surface area contributed by atoms with Crippen LogP contribution < -0.4 is 10.6 Å². The Morgan fingerprint density at radius 2 is 1.67 bits per heavy atom. The fourth-order valence-corrected chi connectivity index (χ4v) is 4.98. The number of nitrogens with one attached hydrogen (secondary N) is 2. The SMILES string of the molecule is C=C(F)/C=N\C(NC(=O)c1cc(NC(=O)C2C(c3cc(Cl)c(Cl)c(Cl)c3)C2(Cl)Cl)ccc1Cl)=C(/C)F. The first-order valence-corrected chi connectivity index (χ1v) is 12.2. The zero-order chi connectivity index (χ0) is 26.9. The highest BCUT2D eigenvalue weighted by atomic mass is 35.5. The summed E-state index contributed by atoms with van der Waals surface area (Å²) < 4.78 is 25.1. The highest BCUT2D eigenvalue weighted by molar-refractivity contribution is 6.54. The van der Waals surface area contributed by atoms with E-state index in [0.29, 0.717) is 11.8 Å². The standard InChI is InChI=1S/C23H15Cl6F2N3O2/c1-9(30)8-32-20(10(2)31)34-21(35)13-7-12(3-4-14(13)24)33-22(36)18-17(23(18,28)29)11-5-15(25)19(27)16(26)6-11/h3-8,17-18H,1H2,2H3,(H,33,36)(H,34,35)/b20-10-,32-8-.